The third-order valence-corrected chi connectivity index (χ3v) is 15.4. The molecule has 19 heteroatoms. The molecule has 376 valence electrons. The highest BCUT2D eigenvalue weighted by atomic mass is 19.4. The molecule has 7 heterocycles. The first kappa shape index (κ1) is 48.6. The van der Waals surface area contributed by atoms with E-state index in [-0.39, 0.29) is 47.9 Å². The minimum Gasteiger partial charge on any atom is -0.379 e. The number of aromatic nitrogens is 3. The van der Waals surface area contributed by atoms with Crippen LogP contribution in [0.5, 0.6) is 0 Å². The zero-order valence-electron chi connectivity index (χ0n) is 40.2. The second kappa shape index (κ2) is 19.9. The maximum absolute atomic E-state index is 14.2. The van der Waals surface area contributed by atoms with E-state index in [1.54, 1.807) is 30.6 Å². The first-order chi connectivity index (χ1) is 34.1. The fourth-order valence-electron chi connectivity index (χ4n) is 11.2. The van der Waals surface area contributed by atoms with Gasteiger partial charge in [0.15, 0.2) is 0 Å². The van der Waals surface area contributed by atoms with Crippen molar-refractivity contribution >= 4 is 40.9 Å². The number of piperidine rings is 2. The molecular formula is C52H60F3N9O7. The van der Waals surface area contributed by atoms with Crippen LogP contribution < -0.4 is 15.1 Å². The van der Waals surface area contributed by atoms with Gasteiger partial charge < -0.3 is 28.7 Å². The van der Waals surface area contributed by atoms with Crippen molar-refractivity contribution in [1.82, 2.24) is 34.8 Å². The van der Waals surface area contributed by atoms with Gasteiger partial charge in [-0.15, -0.1) is 10.2 Å². The van der Waals surface area contributed by atoms with Gasteiger partial charge in [-0.2, -0.15) is 13.2 Å². The highest BCUT2D eigenvalue weighted by molar-refractivity contribution is 6.23. The van der Waals surface area contributed by atoms with Crippen LogP contribution in [-0.4, -0.2) is 137 Å². The quantitative estimate of drug-likeness (QED) is 0.195. The summed E-state index contributed by atoms with van der Waals surface area (Å²) < 4.78 is 56.4. The number of benzene rings is 3. The van der Waals surface area contributed by atoms with E-state index in [0.717, 1.165) is 74.1 Å². The number of hydrogen-bond donors (Lipinski definition) is 1. The molecule has 1 aromatic heterocycles. The number of carbonyl (C=O) groups excluding carboxylic acids is 5. The second-order valence-corrected chi connectivity index (χ2v) is 20.3. The number of nitrogens with one attached hydrogen (secondary N) is 1. The Morgan fingerprint density at radius 3 is 2.18 bits per heavy atom. The van der Waals surface area contributed by atoms with Gasteiger partial charge >= 0.3 is 6.18 Å². The lowest BCUT2D eigenvalue weighted by Crippen LogP contribution is -2.54. The molecule has 11 rings (SSSR count). The summed E-state index contributed by atoms with van der Waals surface area (Å²) in [7, 11) is 3.92. The van der Waals surface area contributed by atoms with Crippen molar-refractivity contribution in [1.29, 1.82) is 0 Å². The van der Waals surface area contributed by atoms with Crippen molar-refractivity contribution in [2.75, 3.05) is 69.3 Å². The molecule has 0 radical (unpaired) electrons. The lowest BCUT2D eigenvalue weighted by atomic mass is 9.75. The van der Waals surface area contributed by atoms with Gasteiger partial charge in [0.25, 0.3) is 17.7 Å². The zero-order chi connectivity index (χ0) is 49.6. The van der Waals surface area contributed by atoms with Crippen LogP contribution >= 0.6 is 0 Å². The van der Waals surface area contributed by atoms with Crippen LogP contribution in [0.15, 0.2) is 60.9 Å². The summed E-state index contributed by atoms with van der Waals surface area (Å²) in [6, 6.07) is 14.8. The first-order valence-corrected chi connectivity index (χ1v) is 24.9. The third kappa shape index (κ3) is 9.97. The molecular weight excluding hydrogens is 920 g/mol. The van der Waals surface area contributed by atoms with Gasteiger partial charge in [-0.1, -0.05) is 31.4 Å². The van der Waals surface area contributed by atoms with Gasteiger partial charge in [0.05, 0.1) is 48.7 Å². The fourth-order valence-corrected chi connectivity index (χ4v) is 11.2. The molecule has 7 aliphatic rings. The summed E-state index contributed by atoms with van der Waals surface area (Å²) in [6.45, 7) is 6.22. The van der Waals surface area contributed by atoms with E-state index >= 15 is 0 Å². The number of rotatable bonds is 10. The zero-order valence-corrected chi connectivity index (χ0v) is 40.2. The molecule has 5 fully saturated rings. The molecule has 3 aromatic carbocycles. The number of halogens is 3. The molecule has 71 heavy (non-hydrogen) atoms. The van der Waals surface area contributed by atoms with Gasteiger partial charge in [-0.25, -0.2) is 0 Å². The normalized spacial score (nSPS) is 22.3. The second-order valence-electron chi connectivity index (χ2n) is 20.3. The molecule has 1 saturated carbocycles. The number of ether oxygens (including phenoxy) is 2. The predicted molar refractivity (Wildman–Crippen MR) is 255 cm³/mol. The molecule has 4 aromatic rings. The van der Waals surface area contributed by atoms with E-state index in [4.69, 9.17) is 9.47 Å². The van der Waals surface area contributed by atoms with E-state index < -0.39 is 41.4 Å². The van der Waals surface area contributed by atoms with Gasteiger partial charge in [0.2, 0.25) is 11.8 Å². The van der Waals surface area contributed by atoms with Crippen LogP contribution in [0.3, 0.4) is 0 Å². The summed E-state index contributed by atoms with van der Waals surface area (Å²) in [5, 5.41) is 10.4. The third-order valence-electron chi connectivity index (χ3n) is 15.4. The molecule has 1 atom stereocenters. The highest BCUT2D eigenvalue weighted by Gasteiger charge is 2.46. The van der Waals surface area contributed by atoms with E-state index in [0.29, 0.717) is 54.7 Å². The molecule has 1 N–H and O–H groups in total. The molecule has 0 spiro atoms. The number of fused-ring (bicyclic) bond motifs is 2. The smallest absolute Gasteiger partial charge is 0.379 e. The van der Waals surface area contributed by atoms with E-state index in [1.807, 2.05) is 42.9 Å². The number of alkyl halides is 3. The average molecular weight is 980 g/mol. The van der Waals surface area contributed by atoms with Crippen molar-refractivity contribution in [2.24, 2.45) is 7.05 Å². The number of imide groups is 2. The lowest BCUT2D eigenvalue weighted by molar-refractivity contribution is -0.138. The van der Waals surface area contributed by atoms with Crippen molar-refractivity contribution in [3.8, 4) is 0 Å². The molecule has 6 aliphatic heterocycles. The number of anilines is 2. The van der Waals surface area contributed by atoms with Gasteiger partial charge in [0.1, 0.15) is 18.2 Å². The summed E-state index contributed by atoms with van der Waals surface area (Å²) in [6.07, 6.45) is 6.76. The average Bonchev–Trinajstić information content (AvgIpc) is 3.99. The summed E-state index contributed by atoms with van der Waals surface area (Å²) in [5.74, 6) is -1.48. The molecule has 5 amide bonds. The minimum absolute atomic E-state index is 0.0424. The Hall–Kier alpha value is -6.02. The molecule has 16 nitrogen and oxygen atoms in total. The monoisotopic (exact) mass is 979 g/mol. The largest absolute Gasteiger partial charge is 0.416 e. The molecule has 0 bridgehead atoms. The van der Waals surface area contributed by atoms with Crippen molar-refractivity contribution in [3.63, 3.8) is 0 Å². The maximum Gasteiger partial charge on any atom is 0.416 e. The Bertz CT molecular complexity index is 2700. The van der Waals surface area contributed by atoms with E-state index in [1.165, 1.54) is 43.1 Å². The molecule has 1 aliphatic carbocycles. The highest BCUT2D eigenvalue weighted by Crippen LogP contribution is 2.42. The van der Waals surface area contributed by atoms with E-state index in [9.17, 15) is 37.1 Å². The lowest BCUT2D eigenvalue weighted by Gasteiger charge is -2.42. The Morgan fingerprint density at radius 2 is 1.51 bits per heavy atom. The fraction of sp³-hybridized carbons (Fsp3) is 0.519. The number of nitrogens with zero attached hydrogens (tertiary/aromatic N) is 8. The van der Waals surface area contributed by atoms with Gasteiger partial charge in [-0.3, -0.25) is 39.1 Å². The molecule has 1 unspecified atom stereocenters. The number of amides is 5. The summed E-state index contributed by atoms with van der Waals surface area (Å²) in [4.78, 5) is 72.2. The molecule has 4 saturated heterocycles. The number of hydrogen-bond acceptors (Lipinski definition) is 12. The van der Waals surface area contributed by atoms with Crippen molar-refractivity contribution in [2.45, 2.75) is 107 Å². The summed E-state index contributed by atoms with van der Waals surface area (Å²) in [5.41, 5.74) is 2.74. The summed E-state index contributed by atoms with van der Waals surface area (Å²) >= 11 is 0. The van der Waals surface area contributed by atoms with Crippen LogP contribution in [0, 0.1) is 0 Å². The Kier molecular flexibility index (Phi) is 13.6. The van der Waals surface area contributed by atoms with Crippen molar-refractivity contribution < 1.29 is 46.6 Å². The number of aryl methyl sites for hydroxylation is 1. The van der Waals surface area contributed by atoms with Gasteiger partial charge in [-0.05, 0) is 98.3 Å². The van der Waals surface area contributed by atoms with Crippen LogP contribution in [0.2, 0.25) is 0 Å². The van der Waals surface area contributed by atoms with Crippen molar-refractivity contribution in [3.05, 3.63) is 106 Å². The van der Waals surface area contributed by atoms with Crippen LogP contribution in [0.4, 0.5) is 24.5 Å². The Morgan fingerprint density at radius 1 is 0.775 bits per heavy atom. The number of piperazine rings is 1. The predicted octanol–water partition coefficient (Wildman–Crippen LogP) is 5.66. The van der Waals surface area contributed by atoms with Crippen LogP contribution in [0.25, 0.3) is 0 Å². The standard InChI is InChI=1S/C28H31F3N6O2.C24H29N3O5/c1-34-6-8-36(9-7-34)14-19-10-22-23(24(11-19)28(29,30)31)15-37(26(22)38)21-5-3-4-20(12-21)27(16-39-17-27)13-25-33-32-18-35(25)2;28-21-9-8-20(22(29)25-21)27-23(30)18-7-6-15(14-19(18)24(27)31)26-12-10-17(11-13-26)32-16-4-2-1-3-5-16/h3-5,10-12,18H,6-9,13-17H2,1-2H3;6-7,14,16-17,20H,1-5,8-13H2,(H,25,28,29). The maximum atomic E-state index is 14.2. The minimum atomic E-state index is -4.55. The number of carbonyl (C=O) groups is 5. The van der Waals surface area contributed by atoms with Crippen LogP contribution in [0.1, 0.15) is 117 Å². The topological polar surface area (TPSA) is 163 Å². The SMILES string of the molecule is CN1CCN(Cc2cc3c(c(C(F)(F)F)c2)CN(c2cccc(C4(Cc5nncn5C)COC4)c2)C3=O)CC1.O=C1CCC(N2C(=O)c3ccc(N4CCC(OC5CCCCC5)CC4)cc3C2=O)C(=O)N1. The number of likely N-dealkylation sites (N-methyl/N-ethyl adjacent to an activating group) is 1. The van der Waals surface area contributed by atoms with E-state index in [2.05, 4.69) is 30.2 Å². The van der Waals surface area contributed by atoms with Gasteiger partial charge in [0, 0.05) is 88.1 Å². The first-order valence-electron chi connectivity index (χ1n) is 24.9. The Labute approximate surface area is 410 Å². The van der Waals surface area contributed by atoms with Crippen LogP contribution in [-0.2, 0) is 57.2 Å². The Balaban J connectivity index is 0.000000167.